The van der Waals surface area contributed by atoms with E-state index < -0.39 is 6.04 Å². The maximum absolute atomic E-state index is 12.3. The van der Waals surface area contributed by atoms with Gasteiger partial charge in [-0.25, -0.2) is 4.98 Å². The normalized spacial score (nSPS) is 18.1. The van der Waals surface area contributed by atoms with Crippen molar-refractivity contribution in [3.8, 4) is 0 Å². The van der Waals surface area contributed by atoms with Crippen molar-refractivity contribution in [1.82, 2.24) is 15.6 Å². The van der Waals surface area contributed by atoms with Crippen LogP contribution in [-0.4, -0.2) is 29.4 Å². The molecule has 1 atom stereocenters. The van der Waals surface area contributed by atoms with Crippen molar-refractivity contribution in [2.75, 3.05) is 6.54 Å². The summed E-state index contributed by atoms with van der Waals surface area (Å²) in [5, 5.41) is 8.26. The highest BCUT2D eigenvalue weighted by Gasteiger charge is 2.23. The zero-order valence-electron chi connectivity index (χ0n) is 12.7. The van der Waals surface area contributed by atoms with E-state index in [1.54, 1.807) is 5.38 Å². The van der Waals surface area contributed by atoms with Gasteiger partial charge in [-0.2, -0.15) is 0 Å². The molecule has 0 saturated carbocycles. The number of carbonyl (C=O) groups is 2. The number of nitrogens with zero attached hydrogens (tertiary/aromatic N) is 1. The highest BCUT2D eigenvalue weighted by atomic mass is 32.1. The number of nitrogens with one attached hydrogen (secondary N) is 2. The van der Waals surface area contributed by atoms with Gasteiger partial charge in [0.1, 0.15) is 11.7 Å². The van der Waals surface area contributed by atoms with Crippen molar-refractivity contribution in [2.45, 2.75) is 31.7 Å². The number of aromatic nitrogens is 1. The second-order valence-electron chi connectivity index (χ2n) is 5.60. The molecule has 1 unspecified atom stereocenters. The molecule has 1 aromatic heterocycles. The van der Waals surface area contributed by atoms with Crippen molar-refractivity contribution in [1.29, 1.82) is 0 Å². The Balaban J connectivity index is 1.63. The second kappa shape index (κ2) is 7.37. The minimum atomic E-state index is -0.454. The summed E-state index contributed by atoms with van der Waals surface area (Å²) in [6, 6.07) is 9.57. The van der Waals surface area contributed by atoms with E-state index >= 15 is 0 Å². The van der Waals surface area contributed by atoms with Gasteiger partial charge in [0.05, 0.1) is 5.01 Å². The predicted molar refractivity (Wildman–Crippen MR) is 89.5 cm³/mol. The number of hydrogen-bond acceptors (Lipinski definition) is 4. The SMILES string of the molecule is O=C(NC1CCCCNC1=O)c1csc(Cc2ccccc2)n1. The van der Waals surface area contributed by atoms with Crippen LogP contribution in [-0.2, 0) is 11.2 Å². The Bertz CT molecular complexity index is 684. The van der Waals surface area contributed by atoms with Crippen molar-refractivity contribution in [3.63, 3.8) is 0 Å². The maximum atomic E-state index is 12.3. The first-order chi connectivity index (χ1) is 11.2. The molecule has 2 N–H and O–H groups in total. The third-order valence-corrected chi connectivity index (χ3v) is 4.67. The molecule has 1 saturated heterocycles. The lowest BCUT2D eigenvalue weighted by molar-refractivity contribution is -0.122. The number of thiazole rings is 1. The number of carbonyl (C=O) groups excluding carboxylic acids is 2. The molecule has 5 nitrogen and oxygen atoms in total. The van der Waals surface area contributed by atoms with Crippen LogP contribution >= 0.6 is 11.3 Å². The first kappa shape index (κ1) is 15.7. The molecule has 23 heavy (non-hydrogen) atoms. The highest BCUT2D eigenvalue weighted by molar-refractivity contribution is 7.09. The fourth-order valence-electron chi connectivity index (χ4n) is 2.58. The summed E-state index contributed by atoms with van der Waals surface area (Å²) >= 11 is 1.47. The van der Waals surface area contributed by atoms with Gasteiger partial charge >= 0.3 is 0 Å². The van der Waals surface area contributed by atoms with E-state index in [4.69, 9.17) is 0 Å². The summed E-state index contributed by atoms with van der Waals surface area (Å²) in [6.45, 7) is 0.684. The van der Waals surface area contributed by atoms with E-state index in [9.17, 15) is 9.59 Å². The molecule has 6 heteroatoms. The van der Waals surface area contributed by atoms with Crippen LogP contribution in [0.25, 0.3) is 0 Å². The van der Waals surface area contributed by atoms with Crippen molar-refractivity contribution < 1.29 is 9.59 Å². The van der Waals surface area contributed by atoms with E-state index in [0.29, 0.717) is 25.1 Å². The minimum absolute atomic E-state index is 0.101. The average molecular weight is 329 g/mol. The third kappa shape index (κ3) is 4.16. The fourth-order valence-corrected chi connectivity index (χ4v) is 3.38. The Labute approximate surface area is 139 Å². The first-order valence-electron chi connectivity index (χ1n) is 7.79. The highest BCUT2D eigenvalue weighted by Crippen LogP contribution is 2.15. The lowest BCUT2D eigenvalue weighted by Gasteiger charge is -2.14. The van der Waals surface area contributed by atoms with Gasteiger partial charge < -0.3 is 10.6 Å². The van der Waals surface area contributed by atoms with Gasteiger partial charge in [0.2, 0.25) is 5.91 Å². The summed E-state index contributed by atoms with van der Waals surface area (Å²) in [4.78, 5) is 28.6. The molecule has 1 aliphatic heterocycles. The van der Waals surface area contributed by atoms with E-state index in [1.807, 2.05) is 30.3 Å². The van der Waals surface area contributed by atoms with E-state index in [1.165, 1.54) is 11.3 Å². The van der Waals surface area contributed by atoms with Gasteiger partial charge in [0, 0.05) is 18.3 Å². The van der Waals surface area contributed by atoms with E-state index in [-0.39, 0.29) is 11.8 Å². The van der Waals surface area contributed by atoms with Gasteiger partial charge in [-0.1, -0.05) is 30.3 Å². The lowest BCUT2D eigenvalue weighted by Crippen LogP contribution is -2.45. The van der Waals surface area contributed by atoms with Crippen LogP contribution < -0.4 is 10.6 Å². The molecule has 1 fully saturated rings. The zero-order valence-corrected chi connectivity index (χ0v) is 13.6. The standard InChI is InChI=1S/C17H19N3O2S/c21-16-13(8-4-5-9-18-16)20-17(22)14-11-23-15(19-14)10-12-6-2-1-3-7-12/h1-3,6-7,11,13H,4-5,8-10H2,(H,18,21)(H,20,22). The number of rotatable bonds is 4. The van der Waals surface area contributed by atoms with Crippen LogP contribution in [0, 0.1) is 0 Å². The molecule has 2 aromatic rings. The quantitative estimate of drug-likeness (QED) is 0.903. The Morgan fingerprint density at radius 3 is 2.96 bits per heavy atom. The van der Waals surface area contributed by atoms with Crippen molar-refractivity contribution in [3.05, 3.63) is 52.0 Å². The molecule has 120 valence electrons. The fraction of sp³-hybridized carbons (Fsp3) is 0.353. The molecule has 2 amide bonds. The molecule has 0 spiro atoms. The van der Waals surface area contributed by atoms with Gasteiger partial charge in [-0.3, -0.25) is 9.59 Å². The molecule has 1 aromatic carbocycles. The predicted octanol–water partition coefficient (Wildman–Crippen LogP) is 2.13. The summed E-state index contributed by atoms with van der Waals surface area (Å²) in [5.74, 6) is -0.377. The monoisotopic (exact) mass is 329 g/mol. The van der Waals surface area contributed by atoms with Gasteiger partial charge in [0.15, 0.2) is 0 Å². The molecule has 2 heterocycles. The van der Waals surface area contributed by atoms with E-state index in [2.05, 4.69) is 15.6 Å². The smallest absolute Gasteiger partial charge is 0.271 e. The Hall–Kier alpha value is -2.21. The molecule has 3 rings (SSSR count). The first-order valence-corrected chi connectivity index (χ1v) is 8.67. The Morgan fingerprint density at radius 1 is 1.30 bits per heavy atom. The molecular weight excluding hydrogens is 310 g/mol. The van der Waals surface area contributed by atoms with Crippen LogP contribution in [0.3, 0.4) is 0 Å². The molecule has 0 bridgehead atoms. The summed E-state index contributed by atoms with van der Waals surface area (Å²) < 4.78 is 0. The van der Waals surface area contributed by atoms with Crippen molar-refractivity contribution >= 4 is 23.2 Å². The molecular formula is C17H19N3O2S. The van der Waals surface area contributed by atoms with Crippen LogP contribution in [0.2, 0.25) is 0 Å². The summed E-state index contributed by atoms with van der Waals surface area (Å²) in [5.41, 5.74) is 1.55. The number of hydrogen-bond donors (Lipinski definition) is 2. The van der Waals surface area contributed by atoms with Gasteiger partial charge in [-0.15, -0.1) is 11.3 Å². The van der Waals surface area contributed by atoms with Gasteiger partial charge in [0.25, 0.3) is 5.91 Å². The maximum Gasteiger partial charge on any atom is 0.271 e. The van der Waals surface area contributed by atoms with Crippen LogP contribution in [0.1, 0.15) is 40.3 Å². The topological polar surface area (TPSA) is 71.1 Å². The molecule has 1 aliphatic rings. The van der Waals surface area contributed by atoms with Crippen LogP contribution in [0.4, 0.5) is 0 Å². The zero-order chi connectivity index (χ0) is 16.1. The van der Waals surface area contributed by atoms with Crippen LogP contribution in [0.5, 0.6) is 0 Å². The largest absolute Gasteiger partial charge is 0.354 e. The van der Waals surface area contributed by atoms with E-state index in [0.717, 1.165) is 23.4 Å². The Kier molecular flexibility index (Phi) is 5.02. The number of amides is 2. The third-order valence-electron chi connectivity index (χ3n) is 3.82. The van der Waals surface area contributed by atoms with Gasteiger partial charge in [-0.05, 0) is 24.8 Å². The molecule has 0 aliphatic carbocycles. The second-order valence-corrected chi connectivity index (χ2v) is 6.54. The van der Waals surface area contributed by atoms with Crippen LogP contribution in [0.15, 0.2) is 35.7 Å². The lowest BCUT2D eigenvalue weighted by atomic mass is 10.1. The minimum Gasteiger partial charge on any atom is -0.354 e. The number of benzene rings is 1. The molecule has 0 radical (unpaired) electrons. The summed E-state index contributed by atoms with van der Waals surface area (Å²) in [6.07, 6.45) is 3.28. The Morgan fingerprint density at radius 2 is 2.13 bits per heavy atom. The average Bonchev–Trinajstić information content (AvgIpc) is 2.93. The van der Waals surface area contributed by atoms with Crippen molar-refractivity contribution in [2.24, 2.45) is 0 Å². The summed E-state index contributed by atoms with van der Waals surface area (Å²) in [7, 11) is 0.